The van der Waals surface area contributed by atoms with Gasteiger partial charge in [-0.3, -0.25) is 4.79 Å². The van der Waals surface area contributed by atoms with E-state index in [1.165, 1.54) is 0 Å². The number of amides is 1. The molecule has 0 heterocycles. The number of thiocarbonyl (C=S) groups is 1. The first kappa shape index (κ1) is 18.7. The lowest BCUT2D eigenvalue weighted by Gasteiger charge is -2.33. The highest BCUT2D eigenvalue weighted by molar-refractivity contribution is 7.99. The lowest BCUT2D eigenvalue weighted by molar-refractivity contribution is -0.128. The zero-order valence-corrected chi connectivity index (χ0v) is 14.5. The monoisotopic (exact) mass is 304 g/mol. The van der Waals surface area contributed by atoms with Crippen LogP contribution in [0, 0.1) is 5.41 Å². The second-order valence-electron chi connectivity index (χ2n) is 5.59. The second kappa shape index (κ2) is 8.10. The summed E-state index contributed by atoms with van der Waals surface area (Å²) in [7, 11) is 0. The second-order valence-corrected chi connectivity index (χ2v) is 7.55. The lowest BCUT2D eigenvalue weighted by atomic mass is 9.78. The van der Waals surface area contributed by atoms with E-state index >= 15 is 0 Å². The van der Waals surface area contributed by atoms with Gasteiger partial charge in [-0.15, -0.1) is 0 Å². The highest BCUT2D eigenvalue weighted by atomic mass is 32.2. The predicted molar refractivity (Wildman–Crippen MR) is 89.6 cm³/mol. The van der Waals surface area contributed by atoms with Gasteiger partial charge in [0.2, 0.25) is 5.91 Å². The van der Waals surface area contributed by atoms with Crippen molar-refractivity contribution in [3.05, 3.63) is 0 Å². The molecule has 112 valence electrons. The molecule has 0 aromatic heterocycles. The van der Waals surface area contributed by atoms with Crippen LogP contribution < -0.4 is 11.1 Å². The topological polar surface area (TPSA) is 55.1 Å². The van der Waals surface area contributed by atoms with E-state index in [0.29, 0.717) is 11.5 Å². The highest BCUT2D eigenvalue weighted by Crippen LogP contribution is 2.31. The average Bonchev–Trinajstić information content (AvgIpc) is 2.35. The molecule has 0 unspecified atom stereocenters. The molecule has 0 saturated heterocycles. The molecule has 19 heavy (non-hydrogen) atoms. The highest BCUT2D eigenvalue weighted by Gasteiger charge is 2.40. The fourth-order valence-corrected chi connectivity index (χ4v) is 2.61. The van der Waals surface area contributed by atoms with Crippen LogP contribution in [0.5, 0.6) is 0 Å². The van der Waals surface area contributed by atoms with Gasteiger partial charge >= 0.3 is 0 Å². The summed E-state index contributed by atoms with van der Waals surface area (Å²) in [4.78, 5) is 12.9. The Morgan fingerprint density at radius 2 is 1.74 bits per heavy atom. The lowest BCUT2D eigenvalue weighted by Crippen LogP contribution is -2.51. The first-order valence-electron chi connectivity index (χ1n) is 6.89. The van der Waals surface area contributed by atoms with Crippen LogP contribution in [-0.4, -0.2) is 28.4 Å². The first-order chi connectivity index (χ1) is 8.75. The summed E-state index contributed by atoms with van der Waals surface area (Å²) in [5.74, 6) is -0.00850. The molecule has 3 N–H and O–H groups in total. The molecule has 0 aliphatic heterocycles. The van der Waals surface area contributed by atoms with Gasteiger partial charge in [0.05, 0.1) is 10.4 Å². The number of nitrogens with two attached hydrogens (primary N) is 1. The van der Waals surface area contributed by atoms with Gasteiger partial charge in [0.15, 0.2) is 0 Å². The van der Waals surface area contributed by atoms with Gasteiger partial charge < -0.3 is 11.1 Å². The van der Waals surface area contributed by atoms with Crippen LogP contribution in [0.2, 0.25) is 0 Å². The molecule has 0 atom stereocenters. The minimum absolute atomic E-state index is 0.00850. The fourth-order valence-electron chi connectivity index (χ4n) is 2.10. The molecule has 0 fully saturated rings. The summed E-state index contributed by atoms with van der Waals surface area (Å²) in [5.41, 5.74) is 5.21. The summed E-state index contributed by atoms with van der Waals surface area (Å²) in [6.45, 7) is 8.97. The summed E-state index contributed by atoms with van der Waals surface area (Å²) in [6, 6.07) is 0. The molecule has 0 rings (SSSR count). The van der Waals surface area contributed by atoms with Crippen molar-refractivity contribution >= 4 is 34.9 Å². The molecular formula is C14H28N2OS2. The van der Waals surface area contributed by atoms with Crippen molar-refractivity contribution in [3.63, 3.8) is 0 Å². The molecule has 0 saturated carbocycles. The van der Waals surface area contributed by atoms with Gasteiger partial charge in [-0.05, 0) is 32.9 Å². The Morgan fingerprint density at radius 3 is 2.05 bits per heavy atom. The Balaban J connectivity index is 4.95. The fraction of sp³-hybridized carbons (Fsp3) is 0.857. The number of rotatable bonds is 9. The van der Waals surface area contributed by atoms with Crippen molar-refractivity contribution in [1.29, 1.82) is 0 Å². The summed E-state index contributed by atoms with van der Waals surface area (Å²) >= 11 is 6.92. The van der Waals surface area contributed by atoms with Crippen molar-refractivity contribution in [2.24, 2.45) is 11.1 Å². The molecule has 0 aromatic carbocycles. The minimum Gasteiger partial charge on any atom is -0.392 e. The number of thioether (sulfide) groups is 1. The van der Waals surface area contributed by atoms with Crippen molar-refractivity contribution < 1.29 is 4.79 Å². The largest absolute Gasteiger partial charge is 0.392 e. The molecule has 0 aromatic rings. The quantitative estimate of drug-likeness (QED) is 0.643. The Bertz CT molecular complexity index is 311. The van der Waals surface area contributed by atoms with Gasteiger partial charge in [-0.25, -0.2) is 0 Å². The number of carbonyl (C=O) groups excluding carboxylic acids is 1. The van der Waals surface area contributed by atoms with E-state index in [-0.39, 0.29) is 10.7 Å². The van der Waals surface area contributed by atoms with Crippen molar-refractivity contribution in [2.75, 3.05) is 12.8 Å². The Labute approximate surface area is 127 Å². The summed E-state index contributed by atoms with van der Waals surface area (Å²) in [6.07, 6.45) is 5.29. The van der Waals surface area contributed by atoms with Crippen LogP contribution in [0.25, 0.3) is 0 Å². The molecule has 0 radical (unpaired) electrons. The summed E-state index contributed by atoms with van der Waals surface area (Å²) < 4.78 is 0.0239. The van der Waals surface area contributed by atoms with Gasteiger partial charge in [-0.1, -0.05) is 38.9 Å². The third kappa shape index (κ3) is 5.30. The molecule has 3 nitrogen and oxygen atoms in total. The zero-order chi connectivity index (χ0) is 15.1. The van der Waals surface area contributed by atoms with E-state index in [4.69, 9.17) is 18.0 Å². The van der Waals surface area contributed by atoms with Gasteiger partial charge in [0.1, 0.15) is 0 Å². The van der Waals surface area contributed by atoms with E-state index < -0.39 is 5.41 Å². The van der Waals surface area contributed by atoms with Crippen molar-refractivity contribution in [2.45, 2.75) is 58.1 Å². The van der Waals surface area contributed by atoms with Crippen LogP contribution >= 0.6 is 24.0 Å². The third-order valence-corrected chi connectivity index (χ3v) is 5.13. The normalized spacial score (nSPS) is 12.3. The number of carbonyl (C=O) groups is 1. The Hall–Kier alpha value is -0.290. The van der Waals surface area contributed by atoms with E-state index in [9.17, 15) is 4.79 Å². The SMILES string of the molecule is CCCC(CCC)(C(=O)NCC(C)(C)SC)C(N)=S. The van der Waals surface area contributed by atoms with Crippen molar-refractivity contribution in [3.8, 4) is 0 Å². The number of hydrogen-bond donors (Lipinski definition) is 2. The Kier molecular flexibility index (Phi) is 7.98. The van der Waals surface area contributed by atoms with E-state index in [2.05, 4.69) is 33.0 Å². The van der Waals surface area contributed by atoms with Crippen LogP contribution in [0.15, 0.2) is 0 Å². The maximum Gasteiger partial charge on any atom is 0.233 e. The maximum atomic E-state index is 12.6. The summed E-state index contributed by atoms with van der Waals surface area (Å²) in [5, 5.41) is 3.04. The molecule has 0 spiro atoms. The molecule has 0 aliphatic carbocycles. The van der Waals surface area contributed by atoms with Crippen LogP contribution in [0.4, 0.5) is 0 Å². The minimum atomic E-state index is -0.673. The third-order valence-electron chi connectivity index (χ3n) is 3.49. The molecule has 5 heteroatoms. The van der Waals surface area contributed by atoms with Crippen LogP contribution in [0.1, 0.15) is 53.4 Å². The molecule has 1 amide bonds. The Morgan fingerprint density at radius 1 is 1.26 bits per heavy atom. The van der Waals surface area contributed by atoms with Crippen LogP contribution in [0.3, 0.4) is 0 Å². The number of hydrogen-bond acceptors (Lipinski definition) is 3. The molecule has 0 aliphatic rings. The maximum absolute atomic E-state index is 12.6. The van der Waals surface area contributed by atoms with Gasteiger partial charge in [0, 0.05) is 11.3 Å². The van der Waals surface area contributed by atoms with E-state index in [1.54, 1.807) is 11.8 Å². The average molecular weight is 305 g/mol. The van der Waals surface area contributed by atoms with Crippen molar-refractivity contribution in [1.82, 2.24) is 5.32 Å². The standard InChI is InChI=1S/C14H28N2OS2/c1-6-8-14(9-7-2,11(15)18)12(17)16-10-13(3,4)19-5/h6-10H2,1-5H3,(H2,15,18)(H,16,17). The van der Waals surface area contributed by atoms with Gasteiger partial charge in [-0.2, -0.15) is 11.8 Å². The van der Waals surface area contributed by atoms with Crippen LogP contribution in [-0.2, 0) is 4.79 Å². The molecular weight excluding hydrogens is 276 g/mol. The zero-order valence-electron chi connectivity index (χ0n) is 12.8. The van der Waals surface area contributed by atoms with E-state index in [1.807, 2.05) is 6.26 Å². The number of nitrogens with one attached hydrogen (secondary N) is 1. The molecule has 0 bridgehead atoms. The smallest absolute Gasteiger partial charge is 0.233 e. The predicted octanol–water partition coefficient (Wildman–Crippen LogP) is 3.12. The van der Waals surface area contributed by atoms with E-state index in [0.717, 1.165) is 25.7 Å². The van der Waals surface area contributed by atoms with Gasteiger partial charge in [0.25, 0.3) is 0 Å². The first-order valence-corrected chi connectivity index (χ1v) is 8.52.